The minimum absolute atomic E-state index is 1.22. The third kappa shape index (κ3) is 0.588. The molecule has 4 aliphatic carbocycles. The van der Waals surface area contributed by atoms with Crippen LogP contribution in [0.1, 0.15) is 32.1 Å². The van der Waals surface area contributed by atoms with E-state index < -0.39 is 0 Å². The standard InChI is InChI=1S/C11H16/c1-2-10-9(1)11(10)8-4-6-3-7(6)5-8/h6-11H,1-5H2. The average Bonchev–Trinajstić information content (AvgIpc) is 2.72. The van der Waals surface area contributed by atoms with E-state index in [9.17, 15) is 0 Å². The van der Waals surface area contributed by atoms with Crippen LogP contribution in [-0.2, 0) is 0 Å². The van der Waals surface area contributed by atoms with Gasteiger partial charge >= 0.3 is 0 Å². The van der Waals surface area contributed by atoms with Crippen LogP contribution in [0.15, 0.2) is 0 Å². The fourth-order valence-corrected chi connectivity index (χ4v) is 4.19. The molecule has 0 aliphatic heterocycles. The van der Waals surface area contributed by atoms with Gasteiger partial charge in [0.05, 0.1) is 0 Å². The summed E-state index contributed by atoms with van der Waals surface area (Å²) in [6.45, 7) is 0. The Kier molecular flexibility index (Phi) is 0.781. The predicted molar refractivity (Wildman–Crippen MR) is 44.0 cm³/mol. The van der Waals surface area contributed by atoms with E-state index in [0.717, 1.165) is 0 Å². The second kappa shape index (κ2) is 1.53. The highest BCUT2D eigenvalue weighted by atomic mass is 14.7. The predicted octanol–water partition coefficient (Wildman–Crippen LogP) is 2.69. The molecule has 4 rings (SSSR count). The molecule has 60 valence electrons. The molecule has 0 aromatic heterocycles. The molecule has 0 heteroatoms. The van der Waals surface area contributed by atoms with E-state index in [-0.39, 0.29) is 0 Å². The monoisotopic (exact) mass is 148 g/mol. The first-order valence-corrected chi connectivity index (χ1v) is 5.43. The Morgan fingerprint density at radius 3 is 1.73 bits per heavy atom. The van der Waals surface area contributed by atoms with Crippen LogP contribution in [0.2, 0.25) is 0 Å². The molecule has 4 saturated carbocycles. The van der Waals surface area contributed by atoms with Crippen LogP contribution >= 0.6 is 0 Å². The maximum atomic E-state index is 1.64. The van der Waals surface area contributed by atoms with Gasteiger partial charge in [0.2, 0.25) is 0 Å². The summed E-state index contributed by atoms with van der Waals surface area (Å²) < 4.78 is 0. The first-order valence-electron chi connectivity index (χ1n) is 5.43. The molecule has 11 heavy (non-hydrogen) atoms. The third-order valence-electron chi connectivity index (χ3n) is 5.06. The molecule has 0 spiro atoms. The zero-order valence-electron chi connectivity index (χ0n) is 7.00. The number of fused-ring (bicyclic) bond motifs is 2. The van der Waals surface area contributed by atoms with E-state index in [1.165, 1.54) is 35.5 Å². The van der Waals surface area contributed by atoms with Crippen molar-refractivity contribution in [1.29, 1.82) is 0 Å². The molecule has 0 heterocycles. The lowest BCUT2D eigenvalue weighted by molar-refractivity contribution is 0.411. The fourth-order valence-electron chi connectivity index (χ4n) is 4.19. The lowest BCUT2D eigenvalue weighted by Crippen LogP contribution is -2.00. The zero-order chi connectivity index (χ0) is 7.00. The fraction of sp³-hybridized carbons (Fsp3) is 1.00. The molecule has 0 aromatic carbocycles. The Morgan fingerprint density at radius 2 is 1.18 bits per heavy atom. The van der Waals surface area contributed by atoms with Gasteiger partial charge in [0.1, 0.15) is 0 Å². The molecule has 4 unspecified atom stereocenters. The van der Waals surface area contributed by atoms with Crippen LogP contribution in [0.25, 0.3) is 0 Å². The van der Waals surface area contributed by atoms with E-state index >= 15 is 0 Å². The summed E-state index contributed by atoms with van der Waals surface area (Å²) in [4.78, 5) is 0. The molecule has 0 nitrogen and oxygen atoms in total. The summed E-state index contributed by atoms with van der Waals surface area (Å²) >= 11 is 0. The topological polar surface area (TPSA) is 0 Å². The summed E-state index contributed by atoms with van der Waals surface area (Å²) in [5.41, 5.74) is 0. The van der Waals surface area contributed by atoms with E-state index in [1.54, 1.807) is 32.1 Å². The number of hydrogen-bond donors (Lipinski definition) is 0. The van der Waals surface area contributed by atoms with Gasteiger partial charge < -0.3 is 0 Å². The molecular formula is C11H16. The van der Waals surface area contributed by atoms with Crippen molar-refractivity contribution < 1.29 is 0 Å². The normalized spacial score (nSPS) is 69.8. The molecule has 4 aliphatic rings. The van der Waals surface area contributed by atoms with Gasteiger partial charge in [-0.05, 0) is 67.6 Å². The SMILES string of the molecule is C1C2CC(C3C4CCC43)CC12. The van der Waals surface area contributed by atoms with E-state index in [1.807, 2.05) is 0 Å². The minimum Gasteiger partial charge on any atom is -0.0496 e. The van der Waals surface area contributed by atoms with Crippen molar-refractivity contribution in [3.8, 4) is 0 Å². The van der Waals surface area contributed by atoms with Gasteiger partial charge in [-0.15, -0.1) is 0 Å². The Balaban J connectivity index is 1.51. The van der Waals surface area contributed by atoms with Crippen molar-refractivity contribution in [3.63, 3.8) is 0 Å². The smallest absolute Gasteiger partial charge is 0.0323 e. The molecule has 4 atom stereocenters. The van der Waals surface area contributed by atoms with Gasteiger partial charge in [0, 0.05) is 0 Å². The maximum absolute atomic E-state index is 1.64. The zero-order valence-corrected chi connectivity index (χ0v) is 7.00. The van der Waals surface area contributed by atoms with E-state index in [2.05, 4.69) is 0 Å². The summed E-state index contributed by atoms with van der Waals surface area (Å²) in [6, 6.07) is 0. The quantitative estimate of drug-likeness (QED) is 0.536. The third-order valence-corrected chi connectivity index (χ3v) is 5.06. The lowest BCUT2D eigenvalue weighted by atomic mass is 9.97. The summed E-state index contributed by atoms with van der Waals surface area (Å²) in [7, 11) is 0. The Bertz CT molecular complexity index is 188. The summed E-state index contributed by atoms with van der Waals surface area (Å²) in [6.07, 6.45) is 8.09. The highest BCUT2D eigenvalue weighted by Gasteiger charge is 2.62. The number of hydrogen-bond acceptors (Lipinski definition) is 0. The second-order valence-electron chi connectivity index (χ2n) is 5.47. The lowest BCUT2D eigenvalue weighted by Gasteiger charge is -2.08. The van der Waals surface area contributed by atoms with Gasteiger partial charge in [0.25, 0.3) is 0 Å². The van der Waals surface area contributed by atoms with Gasteiger partial charge in [-0.1, -0.05) is 0 Å². The molecular weight excluding hydrogens is 132 g/mol. The highest BCUT2D eigenvalue weighted by molar-refractivity contribution is 5.11. The maximum Gasteiger partial charge on any atom is -0.0323 e. The Hall–Kier alpha value is 0. The molecule has 0 radical (unpaired) electrons. The second-order valence-corrected chi connectivity index (χ2v) is 5.47. The van der Waals surface area contributed by atoms with Crippen LogP contribution < -0.4 is 0 Å². The van der Waals surface area contributed by atoms with E-state index in [4.69, 9.17) is 0 Å². The van der Waals surface area contributed by atoms with Gasteiger partial charge in [-0.3, -0.25) is 0 Å². The average molecular weight is 148 g/mol. The molecule has 0 bridgehead atoms. The van der Waals surface area contributed by atoms with Crippen molar-refractivity contribution in [2.24, 2.45) is 35.5 Å². The van der Waals surface area contributed by atoms with Crippen molar-refractivity contribution in [1.82, 2.24) is 0 Å². The van der Waals surface area contributed by atoms with Crippen molar-refractivity contribution >= 4 is 0 Å². The van der Waals surface area contributed by atoms with Crippen molar-refractivity contribution in [2.45, 2.75) is 32.1 Å². The first-order chi connectivity index (χ1) is 5.43. The highest BCUT2D eigenvalue weighted by Crippen LogP contribution is 2.70. The van der Waals surface area contributed by atoms with Gasteiger partial charge in [-0.2, -0.15) is 0 Å². The summed E-state index contributed by atoms with van der Waals surface area (Å²) in [5, 5.41) is 0. The van der Waals surface area contributed by atoms with Crippen LogP contribution in [0.4, 0.5) is 0 Å². The van der Waals surface area contributed by atoms with Crippen molar-refractivity contribution in [2.75, 3.05) is 0 Å². The summed E-state index contributed by atoms with van der Waals surface area (Å²) in [5.74, 6) is 7.41. The van der Waals surface area contributed by atoms with Crippen molar-refractivity contribution in [3.05, 3.63) is 0 Å². The number of rotatable bonds is 1. The molecule has 0 amide bonds. The first kappa shape index (κ1) is 5.61. The van der Waals surface area contributed by atoms with E-state index in [0.29, 0.717) is 0 Å². The minimum atomic E-state index is 1.22. The van der Waals surface area contributed by atoms with Gasteiger partial charge in [0.15, 0.2) is 0 Å². The molecule has 0 saturated heterocycles. The van der Waals surface area contributed by atoms with Crippen LogP contribution in [0.5, 0.6) is 0 Å². The Morgan fingerprint density at radius 1 is 0.636 bits per heavy atom. The molecule has 0 aromatic rings. The molecule has 0 N–H and O–H groups in total. The Labute approximate surface area is 68.4 Å². The van der Waals surface area contributed by atoms with Crippen LogP contribution in [0, 0.1) is 35.5 Å². The van der Waals surface area contributed by atoms with Gasteiger partial charge in [-0.25, -0.2) is 0 Å². The van der Waals surface area contributed by atoms with Crippen LogP contribution in [0.3, 0.4) is 0 Å². The van der Waals surface area contributed by atoms with Crippen LogP contribution in [-0.4, -0.2) is 0 Å². The molecule has 4 fully saturated rings. The largest absolute Gasteiger partial charge is 0.0496 e.